The predicted octanol–water partition coefficient (Wildman–Crippen LogP) is 5.21. The first-order valence-corrected chi connectivity index (χ1v) is 16.0. The van der Waals surface area contributed by atoms with Gasteiger partial charge in [0, 0.05) is 35.4 Å². The second kappa shape index (κ2) is 13.9. The van der Waals surface area contributed by atoms with Crippen LogP contribution in [0, 0.1) is 0 Å². The zero-order valence-electron chi connectivity index (χ0n) is 23.2. The molecule has 3 aromatic rings. The first-order valence-electron chi connectivity index (χ1n) is 14.4. The summed E-state index contributed by atoms with van der Waals surface area (Å²) >= 11 is 4.89. The molecule has 1 aromatic heterocycles. The molecule has 0 radical (unpaired) electrons. The highest BCUT2D eigenvalue weighted by atomic mass is 79.9. The second-order valence-electron chi connectivity index (χ2n) is 10.8. The topological polar surface area (TPSA) is 91.0 Å². The molecule has 5 rings (SSSR count). The molecule has 0 spiro atoms. The van der Waals surface area contributed by atoms with E-state index in [9.17, 15) is 14.4 Å². The molecule has 8 nitrogen and oxygen atoms in total. The number of carbonyl (C=O) groups excluding carboxylic acids is 3. The maximum atomic E-state index is 14.2. The van der Waals surface area contributed by atoms with Gasteiger partial charge in [-0.2, -0.15) is 0 Å². The summed E-state index contributed by atoms with van der Waals surface area (Å²) < 4.78 is 7.36. The van der Waals surface area contributed by atoms with Crippen molar-refractivity contribution in [2.45, 2.75) is 44.1 Å². The lowest BCUT2D eigenvalue weighted by Gasteiger charge is -2.34. The van der Waals surface area contributed by atoms with Crippen LogP contribution in [0.3, 0.4) is 0 Å². The lowest BCUT2D eigenvalue weighted by molar-refractivity contribution is -0.134. The number of carbonyl (C=O) groups is 3. The summed E-state index contributed by atoms with van der Waals surface area (Å²) in [6.45, 7) is 4.85. The molecule has 0 unspecified atom stereocenters. The molecule has 218 valence electrons. The Morgan fingerprint density at radius 1 is 1.02 bits per heavy atom. The highest BCUT2D eigenvalue weighted by molar-refractivity contribution is 9.10. The fourth-order valence-corrected chi connectivity index (χ4v) is 7.13. The zero-order chi connectivity index (χ0) is 28.7. The number of ether oxygens (including phenoxy) is 1. The first-order chi connectivity index (χ1) is 19.9. The summed E-state index contributed by atoms with van der Waals surface area (Å²) in [6.07, 6.45) is 4.00. The van der Waals surface area contributed by atoms with Crippen LogP contribution in [-0.4, -0.2) is 79.1 Å². The van der Waals surface area contributed by atoms with Crippen LogP contribution < -0.4 is 10.6 Å². The SMILES string of the molecule is O=C(NC1(C(=O)N(CCc2ccccc2)C(=O)NCCCN2CCOCC2)CCCC1)c1cc2ccc(Br)cc2s1. The molecular formula is C31H37BrN4O4S. The number of morpholine rings is 1. The van der Waals surface area contributed by atoms with Crippen molar-refractivity contribution in [2.75, 3.05) is 45.9 Å². The van der Waals surface area contributed by atoms with Gasteiger partial charge in [-0.05, 0) is 61.4 Å². The van der Waals surface area contributed by atoms with E-state index in [1.807, 2.05) is 54.6 Å². The van der Waals surface area contributed by atoms with Gasteiger partial charge in [0.05, 0.1) is 18.1 Å². The van der Waals surface area contributed by atoms with Crippen LogP contribution >= 0.6 is 27.3 Å². The Kier molecular flexibility index (Phi) is 10.1. The fraction of sp³-hybridized carbons (Fsp3) is 0.452. The van der Waals surface area contributed by atoms with E-state index in [0.29, 0.717) is 30.7 Å². The summed E-state index contributed by atoms with van der Waals surface area (Å²) in [7, 11) is 0. The lowest BCUT2D eigenvalue weighted by atomic mass is 9.94. The summed E-state index contributed by atoms with van der Waals surface area (Å²) in [5, 5.41) is 7.06. The zero-order valence-corrected chi connectivity index (χ0v) is 25.6. The third-order valence-corrected chi connectivity index (χ3v) is 9.50. The van der Waals surface area contributed by atoms with Crippen LogP contribution in [0.25, 0.3) is 10.1 Å². The minimum absolute atomic E-state index is 0.243. The molecule has 2 fully saturated rings. The molecule has 4 amide bonds. The molecular weight excluding hydrogens is 604 g/mol. The molecule has 2 aromatic carbocycles. The average Bonchev–Trinajstić information content (AvgIpc) is 3.64. The van der Waals surface area contributed by atoms with E-state index in [1.54, 1.807) is 0 Å². The van der Waals surface area contributed by atoms with E-state index in [0.717, 1.165) is 72.2 Å². The summed E-state index contributed by atoms with van der Waals surface area (Å²) in [4.78, 5) is 45.4. The standard InChI is InChI=1S/C31H37BrN4O4S/c32-25-10-9-24-21-27(41-26(24)22-25)28(37)34-31(12-4-5-13-31)29(38)36(16-11-23-7-2-1-3-8-23)30(39)33-14-6-15-35-17-19-40-20-18-35/h1-3,7-10,21-22H,4-6,11-20H2,(H,33,39)(H,34,37). The number of thiophene rings is 1. The van der Waals surface area contributed by atoms with Crippen molar-refractivity contribution >= 4 is 55.2 Å². The smallest absolute Gasteiger partial charge is 0.324 e. The van der Waals surface area contributed by atoms with Crippen LogP contribution in [-0.2, 0) is 16.0 Å². The molecule has 0 bridgehead atoms. The number of nitrogens with zero attached hydrogens (tertiary/aromatic N) is 2. The van der Waals surface area contributed by atoms with E-state index in [4.69, 9.17) is 4.74 Å². The third kappa shape index (κ3) is 7.54. The Hall–Kier alpha value is -2.79. The minimum atomic E-state index is -1.10. The van der Waals surface area contributed by atoms with Crippen LogP contribution in [0.15, 0.2) is 59.1 Å². The molecule has 0 atom stereocenters. The number of amides is 4. The van der Waals surface area contributed by atoms with Crippen molar-refractivity contribution in [3.63, 3.8) is 0 Å². The number of imide groups is 1. The van der Waals surface area contributed by atoms with Gasteiger partial charge in [0.15, 0.2) is 0 Å². The van der Waals surface area contributed by atoms with Crippen LogP contribution in [0.1, 0.15) is 47.3 Å². The van der Waals surface area contributed by atoms with Gasteiger partial charge < -0.3 is 15.4 Å². The van der Waals surface area contributed by atoms with Gasteiger partial charge in [-0.25, -0.2) is 4.79 Å². The van der Waals surface area contributed by atoms with Gasteiger partial charge >= 0.3 is 6.03 Å². The maximum absolute atomic E-state index is 14.2. The Morgan fingerprint density at radius 3 is 2.54 bits per heavy atom. The number of urea groups is 1. The highest BCUT2D eigenvalue weighted by Gasteiger charge is 2.46. The van der Waals surface area contributed by atoms with Crippen molar-refractivity contribution in [3.8, 4) is 0 Å². The average molecular weight is 642 g/mol. The van der Waals surface area contributed by atoms with E-state index in [1.165, 1.54) is 16.2 Å². The van der Waals surface area contributed by atoms with E-state index in [-0.39, 0.29) is 18.4 Å². The molecule has 1 saturated carbocycles. The van der Waals surface area contributed by atoms with Gasteiger partial charge in [0.2, 0.25) is 0 Å². The van der Waals surface area contributed by atoms with Crippen LogP contribution in [0.2, 0.25) is 0 Å². The van der Waals surface area contributed by atoms with Crippen molar-refractivity contribution in [1.82, 2.24) is 20.4 Å². The lowest BCUT2D eigenvalue weighted by Crippen LogP contribution is -2.61. The first kappa shape index (κ1) is 29.7. The third-order valence-electron chi connectivity index (χ3n) is 7.91. The molecule has 10 heteroatoms. The number of hydrogen-bond donors (Lipinski definition) is 2. The van der Waals surface area contributed by atoms with Gasteiger partial charge in [-0.1, -0.05) is 65.2 Å². The quantitative estimate of drug-likeness (QED) is 0.297. The van der Waals surface area contributed by atoms with Gasteiger partial charge in [0.25, 0.3) is 11.8 Å². The summed E-state index contributed by atoms with van der Waals surface area (Å²) in [6, 6.07) is 17.2. The molecule has 1 saturated heterocycles. The molecule has 41 heavy (non-hydrogen) atoms. The van der Waals surface area contributed by atoms with Gasteiger partial charge in [0.1, 0.15) is 5.54 Å². The monoisotopic (exact) mass is 640 g/mol. The summed E-state index contributed by atoms with van der Waals surface area (Å²) in [5.74, 6) is -0.597. The Bertz CT molecular complexity index is 1350. The molecule has 2 N–H and O–H groups in total. The molecule has 1 aliphatic carbocycles. The van der Waals surface area contributed by atoms with E-state index < -0.39 is 11.6 Å². The largest absolute Gasteiger partial charge is 0.379 e. The molecule has 1 aliphatic heterocycles. The minimum Gasteiger partial charge on any atom is -0.379 e. The highest BCUT2D eigenvalue weighted by Crippen LogP contribution is 2.34. The van der Waals surface area contributed by atoms with Crippen molar-refractivity contribution in [2.24, 2.45) is 0 Å². The predicted molar refractivity (Wildman–Crippen MR) is 165 cm³/mol. The number of rotatable bonds is 10. The maximum Gasteiger partial charge on any atom is 0.324 e. The number of benzene rings is 2. The number of nitrogens with one attached hydrogen (secondary N) is 2. The Morgan fingerprint density at radius 2 is 1.78 bits per heavy atom. The number of halogens is 1. The van der Waals surface area contributed by atoms with Gasteiger partial charge in [-0.15, -0.1) is 11.3 Å². The second-order valence-corrected chi connectivity index (χ2v) is 12.8. The number of hydrogen-bond acceptors (Lipinski definition) is 6. The Labute approximate surface area is 253 Å². The normalized spacial score (nSPS) is 16.9. The Balaban J connectivity index is 1.29. The van der Waals surface area contributed by atoms with Gasteiger partial charge in [-0.3, -0.25) is 19.4 Å². The fourth-order valence-electron chi connectivity index (χ4n) is 5.62. The van der Waals surface area contributed by atoms with Crippen LogP contribution in [0.5, 0.6) is 0 Å². The summed E-state index contributed by atoms with van der Waals surface area (Å²) in [5.41, 5.74) is -0.0540. The van der Waals surface area contributed by atoms with Crippen molar-refractivity contribution in [3.05, 3.63) is 69.5 Å². The van der Waals surface area contributed by atoms with Crippen molar-refractivity contribution in [1.29, 1.82) is 0 Å². The molecule has 2 aliphatic rings. The van der Waals surface area contributed by atoms with Crippen LogP contribution in [0.4, 0.5) is 4.79 Å². The number of fused-ring (bicyclic) bond motifs is 1. The van der Waals surface area contributed by atoms with Crippen molar-refractivity contribution < 1.29 is 19.1 Å². The van der Waals surface area contributed by atoms with E-state index in [2.05, 4.69) is 31.5 Å². The van der Waals surface area contributed by atoms with E-state index >= 15 is 0 Å². The molecule has 2 heterocycles.